The van der Waals surface area contributed by atoms with Crippen molar-refractivity contribution in [1.29, 1.82) is 0 Å². The zero-order valence-electron chi connectivity index (χ0n) is 15.3. The van der Waals surface area contributed by atoms with Gasteiger partial charge in [-0.2, -0.15) is 5.10 Å². The molecule has 3 N–H and O–H groups in total. The summed E-state index contributed by atoms with van der Waals surface area (Å²) in [7, 11) is 0. The third kappa shape index (κ3) is 4.10. The van der Waals surface area contributed by atoms with E-state index in [0.29, 0.717) is 22.8 Å². The van der Waals surface area contributed by atoms with Gasteiger partial charge >= 0.3 is 0 Å². The van der Waals surface area contributed by atoms with Crippen LogP contribution < -0.4 is 10.9 Å². The predicted octanol–water partition coefficient (Wildman–Crippen LogP) is 3.87. The number of amides is 1. The Kier molecular flexibility index (Phi) is 5.05. The van der Waals surface area contributed by atoms with Crippen molar-refractivity contribution in [3.63, 3.8) is 0 Å². The van der Waals surface area contributed by atoms with Gasteiger partial charge in [-0.05, 0) is 30.4 Å². The van der Waals surface area contributed by atoms with Crippen molar-refractivity contribution < 1.29 is 4.79 Å². The highest BCUT2D eigenvalue weighted by Gasteiger charge is 2.17. The normalized spacial score (nSPS) is 15.6. The van der Waals surface area contributed by atoms with Crippen LogP contribution in [-0.2, 0) is 11.2 Å². The number of carbonyl (C=O) groups is 1. The van der Waals surface area contributed by atoms with Crippen molar-refractivity contribution >= 4 is 22.5 Å². The molecule has 0 bridgehead atoms. The number of nitrogens with one attached hydrogen (secondary N) is 3. The van der Waals surface area contributed by atoms with Gasteiger partial charge < -0.3 is 10.3 Å². The second kappa shape index (κ2) is 7.78. The van der Waals surface area contributed by atoms with E-state index in [1.165, 1.54) is 38.5 Å². The third-order valence-electron chi connectivity index (χ3n) is 5.32. The van der Waals surface area contributed by atoms with Gasteiger partial charge in [-0.25, -0.2) is 0 Å². The lowest BCUT2D eigenvalue weighted by Gasteiger charge is -2.10. The molecule has 0 spiro atoms. The number of pyridine rings is 1. The van der Waals surface area contributed by atoms with Gasteiger partial charge in [0.25, 0.3) is 5.56 Å². The van der Waals surface area contributed by atoms with E-state index in [1.807, 2.05) is 30.3 Å². The molecule has 1 fully saturated rings. The minimum atomic E-state index is -0.195. The van der Waals surface area contributed by atoms with E-state index in [0.717, 1.165) is 11.1 Å². The molecule has 0 radical (unpaired) electrons. The molecule has 1 aliphatic rings. The molecule has 0 unspecified atom stereocenters. The molecule has 1 aliphatic carbocycles. The topological polar surface area (TPSA) is 90.6 Å². The summed E-state index contributed by atoms with van der Waals surface area (Å²) in [5, 5.41) is 11.6. The van der Waals surface area contributed by atoms with E-state index in [9.17, 15) is 9.59 Å². The number of aromatic amines is 2. The number of benzene rings is 1. The summed E-state index contributed by atoms with van der Waals surface area (Å²) >= 11 is 0. The van der Waals surface area contributed by atoms with Crippen molar-refractivity contribution in [3.8, 4) is 0 Å². The van der Waals surface area contributed by atoms with Gasteiger partial charge in [0.2, 0.25) is 5.91 Å². The van der Waals surface area contributed by atoms with E-state index < -0.39 is 0 Å². The minimum Gasteiger partial charge on any atom is -0.325 e. The van der Waals surface area contributed by atoms with Gasteiger partial charge in [-0.3, -0.25) is 14.7 Å². The van der Waals surface area contributed by atoms with Gasteiger partial charge in [-0.1, -0.05) is 43.9 Å². The van der Waals surface area contributed by atoms with Crippen LogP contribution in [0.4, 0.5) is 5.82 Å². The Morgan fingerprint density at radius 2 is 1.89 bits per heavy atom. The number of anilines is 1. The Bertz CT molecular complexity index is 997. The van der Waals surface area contributed by atoms with E-state index in [1.54, 1.807) is 6.07 Å². The summed E-state index contributed by atoms with van der Waals surface area (Å²) in [6.07, 6.45) is 7.56. The quantitative estimate of drug-likeness (QED) is 0.614. The molecule has 2 aromatic heterocycles. The van der Waals surface area contributed by atoms with E-state index in [2.05, 4.69) is 20.5 Å². The molecule has 6 nitrogen and oxygen atoms in total. The first kappa shape index (κ1) is 17.5. The number of aromatic nitrogens is 3. The maximum Gasteiger partial charge on any atom is 0.256 e. The highest BCUT2D eigenvalue weighted by atomic mass is 16.1. The van der Waals surface area contributed by atoms with Crippen LogP contribution in [0.5, 0.6) is 0 Å². The molecule has 2 heterocycles. The molecule has 4 rings (SSSR count). The first-order valence-electron chi connectivity index (χ1n) is 9.65. The maximum atomic E-state index is 12.4. The lowest BCUT2D eigenvalue weighted by Crippen LogP contribution is -2.18. The van der Waals surface area contributed by atoms with Crippen LogP contribution in [0.1, 0.15) is 55.8 Å². The zero-order chi connectivity index (χ0) is 18.6. The fourth-order valence-electron chi connectivity index (χ4n) is 3.92. The second-order valence-electron chi connectivity index (χ2n) is 7.33. The maximum absolute atomic E-state index is 12.4. The highest BCUT2D eigenvalue weighted by Crippen LogP contribution is 2.31. The van der Waals surface area contributed by atoms with E-state index >= 15 is 0 Å². The molecule has 0 atom stereocenters. The zero-order valence-corrected chi connectivity index (χ0v) is 15.3. The summed E-state index contributed by atoms with van der Waals surface area (Å²) in [5.41, 5.74) is 1.52. The molecule has 1 amide bonds. The molecule has 3 aromatic rings. The average Bonchev–Trinajstić information content (AvgIpc) is 2.94. The number of hydrogen-bond acceptors (Lipinski definition) is 3. The van der Waals surface area contributed by atoms with Crippen LogP contribution in [0.25, 0.3) is 10.8 Å². The SMILES string of the molecule is O=C(Cc1cc2ccccc2c(=O)[nH]1)Nc1cc(C2CCCCCC2)[nH]n1. The Morgan fingerprint density at radius 1 is 1.11 bits per heavy atom. The first-order chi connectivity index (χ1) is 13.2. The van der Waals surface area contributed by atoms with Crippen molar-refractivity contribution in [2.24, 2.45) is 0 Å². The predicted molar refractivity (Wildman–Crippen MR) is 106 cm³/mol. The largest absolute Gasteiger partial charge is 0.325 e. The van der Waals surface area contributed by atoms with Gasteiger partial charge in [0, 0.05) is 28.8 Å². The van der Waals surface area contributed by atoms with Crippen LogP contribution >= 0.6 is 0 Å². The van der Waals surface area contributed by atoms with Crippen LogP contribution in [-0.4, -0.2) is 21.1 Å². The van der Waals surface area contributed by atoms with Crippen molar-refractivity contribution in [1.82, 2.24) is 15.2 Å². The smallest absolute Gasteiger partial charge is 0.256 e. The summed E-state index contributed by atoms with van der Waals surface area (Å²) in [5.74, 6) is 0.852. The first-order valence-corrected chi connectivity index (χ1v) is 9.65. The molecule has 6 heteroatoms. The monoisotopic (exact) mass is 364 g/mol. The van der Waals surface area contributed by atoms with E-state index in [-0.39, 0.29) is 17.9 Å². The van der Waals surface area contributed by atoms with E-state index in [4.69, 9.17) is 0 Å². The molecule has 1 saturated carbocycles. The molecular formula is C21H24N4O2. The van der Waals surface area contributed by atoms with Gasteiger partial charge in [0.15, 0.2) is 5.82 Å². The number of fused-ring (bicyclic) bond motifs is 1. The van der Waals surface area contributed by atoms with Gasteiger partial charge in [0.1, 0.15) is 0 Å². The van der Waals surface area contributed by atoms with Crippen LogP contribution in [0, 0.1) is 0 Å². The van der Waals surface area contributed by atoms with Crippen molar-refractivity contribution in [2.45, 2.75) is 50.9 Å². The molecule has 0 aliphatic heterocycles. The fraction of sp³-hybridized carbons (Fsp3) is 0.381. The number of H-pyrrole nitrogens is 2. The summed E-state index contributed by atoms with van der Waals surface area (Å²) < 4.78 is 0. The number of hydrogen-bond donors (Lipinski definition) is 3. The highest BCUT2D eigenvalue weighted by molar-refractivity contribution is 5.92. The lowest BCUT2D eigenvalue weighted by molar-refractivity contribution is -0.115. The summed E-state index contributed by atoms with van der Waals surface area (Å²) in [6, 6.07) is 11.1. The number of rotatable bonds is 4. The Morgan fingerprint density at radius 3 is 2.70 bits per heavy atom. The van der Waals surface area contributed by atoms with Crippen molar-refractivity contribution in [2.75, 3.05) is 5.32 Å². The lowest BCUT2D eigenvalue weighted by atomic mass is 9.97. The standard InChI is InChI=1S/C21H24N4O2/c26-20(12-16-11-15-9-5-6-10-17(15)21(27)22-16)23-19-13-18(24-25-19)14-7-3-1-2-4-8-14/h5-6,9-11,13-14H,1-4,7-8,12H2,(H,22,27)(H2,23,24,25,26). The Labute approximate surface area is 157 Å². The average molecular weight is 364 g/mol. The van der Waals surface area contributed by atoms with Gasteiger partial charge in [0.05, 0.1) is 6.42 Å². The van der Waals surface area contributed by atoms with Gasteiger partial charge in [-0.15, -0.1) is 0 Å². The fourth-order valence-corrected chi connectivity index (χ4v) is 3.92. The molecule has 1 aromatic carbocycles. The summed E-state index contributed by atoms with van der Waals surface area (Å²) in [6.45, 7) is 0. The minimum absolute atomic E-state index is 0.103. The Hall–Kier alpha value is -2.89. The number of nitrogens with zero attached hydrogens (tertiary/aromatic N) is 1. The van der Waals surface area contributed by atoms with Crippen LogP contribution in [0.15, 0.2) is 41.2 Å². The van der Waals surface area contributed by atoms with Crippen LogP contribution in [0.3, 0.4) is 0 Å². The summed E-state index contributed by atoms with van der Waals surface area (Å²) in [4.78, 5) is 27.3. The molecule has 140 valence electrons. The second-order valence-corrected chi connectivity index (χ2v) is 7.33. The Balaban J connectivity index is 1.43. The molecule has 27 heavy (non-hydrogen) atoms. The number of carbonyl (C=O) groups excluding carboxylic acids is 1. The van der Waals surface area contributed by atoms with Crippen LogP contribution in [0.2, 0.25) is 0 Å². The molecule has 0 saturated heterocycles. The van der Waals surface area contributed by atoms with Crippen molar-refractivity contribution in [3.05, 3.63) is 58.1 Å². The molecular weight excluding hydrogens is 340 g/mol. The third-order valence-corrected chi connectivity index (χ3v) is 5.32.